The molecule has 24 heavy (non-hydrogen) atoms. The van der Waals surface area contributed by atoms with Crippen LogP contribution in [0, 0.1) is 0 Å². The van der Waals surface area contributed by atoms with Gasteiger partial charge in [-0.05, 0) is 24.3 Å². The Bertz CT molecular complexity index is 879. The molecule has 0 bridgehead atoms. The number of hydrogen-bond acceptors (Lipinski definition) is 5. The van der Waals surface area contributed by atoms with Crippen molar-refractivity contribution in [2.45, 2.75) is 6.42 Å². The van der Waals surface area contributed by atoms with Crippen LogP contribution in [0.25, 0.3) is 11.3 Å². The smallest absolute Gasteiger partial charge is 0.188 e. The number of carboxylic acids is 1. The summed E-state index contributed by atoms with van der Waals surface area (Å²) in [6, 6.07) is 14.3. The van der Waals surface area contributed by atoms with Crippen LogP contribution in [0.15, 0.2) is 48.5 Å². The van der Waals surface area contributed by atoms with E-state index in [1.807, 2.05) is 18.2 Å². The van der Waals surface area contributed by atoms with Crippen LogP contribution < -0.4 is 10.4 Å². The van der Waals surface area contributed by atoms with Crippen molar-refractivity contribution in [2.24, 2.45) is 0 Å². The maximum absolute atomic E-state index is 11.0. The second kappa shape index (κ2) is 7.21. The Hall–Kier alpha value is -2.08. The van der Waals surface area contributed by atoms with Gasteiger partial charge in [-0.1, -0.05) is 47.5 Å². The maximum Gasteiger partial charge on any atom is 0.188 e. The fourth-order valence-electron chi connectivity index (χ4n) is 2.17. The van der Waals surface area contributed by atoms with Gasteiger partial charge in [-0.25, -0.2) is 4.98 Å². The zero-order chi connectivity index (χ0) is 17.1. The zero-order valence-electron chi connectivity index (χ0n) is 12.3. The van der Waals surface area contributed by atoms with Crippen LogP contribution in [0.1, 0.15) is 4.88 Å². The summed E-state index contributed by atoms with van der Waals surface area (Å²) in [4.78, 5) is 16.2. The fraction of sp³-hybridized carbons (Fsp3) is 0.0588. The van der Waals surface area contributed by atoms with Gasteiger partial charge in [0.25, 0.3) is 0 Å². The molecule has 1 N–H and O–H groups in total. The van der Waals surface area contributed by atoms with Gasteiger partial charge < -0.3 is 15.2 Å². The summed E-state index contributed by atoms with van der Waals surface area (Å²) < 4.78 is 0. The second-order valence-electron chi connectivity index (χ2n) is 4.95. The van der Waals surface area contributed by atoms with E-state index in [9.17, 15) is 9.90 Å². The van der Waals surface area contributed by atoms with Gasteiger partial charge in [0.05, 0.1) is 16.4 Å². The lowest BCUT2D eigenvalue weighted by atomic mass is 10.1. The second-order valence-corrected chi connectivity index (χ2v) is 6.88. The molecule has 3 rings (SSSR count). The number of aliphatic carboxylic acids is 1. The summed E-state index contributed by atoms with van der Waals surface area (Å²) in [6.45, 7) is 0. The summed E-state index contributed by atoms with van der Waals surface area (Å²) in [5.41, 5.74) is 2.09. The van der Waals surface area contributed by atoms with Crippen molar-refractivity contribution in [3.63, 3.8) is 0 Å². The molecule has 0 aliphatic rings. The van der Waals surface area contributed by atoms with E-state index >= 15 is 0 Å². The predicted octanol–water partition coefficient (Wildman–Crippen LogP) is 4.15. The van der Waals surface area contributed by atoms with Gasteiger partial charge in [0, 0.05) is 27.9 Å². The predicted molar refractivity (Wildman–Crippen MR) is 96.0 cm³/mol. The average Bonchev–Trinajstić information content (AvgIpc) is 2.92. The number of aromatic nitrogens is 1. The van der Waals surface area contributed by atoms with Gasteiger partial charge in [0.2, 0.25) is 0 Å². The summed E-state index contributed by atoms with van der Waals surface area (Å²) in [5.74, 6) is -1.15. The van der Waals surface area contributed by atoms with Crippen molar-refractivity contribution in [1.29, 1.82) is 0 Å². The van der Waals surface area contributed by atoms with E-state index in [1.165, 1.54) is 11.3 Å². The molecule has 0 spiro atoms. The number of benzene rings is 2. The molecule has 0 amide bonds. The first kappa shape index (κ1) is 16.8. The van der Waals surface area contributed by atoms with E-state index < -0.39 is 5.97 Å². The Morgan fingerprint density at radius 1 is 1.12 bits per heavy atom. The monoisotopic (exact) mass is 377 g/mol. The van der Waals surface area contributed by atoms with Gasteiger partial charge in [-0.3, -0.25) is 0 Å². The van der Waals surface area contributed by atoms with Crippen LogP contribution in [0.2, 0.25) is 10.0 Å². The number of nitrogens with one attached hydrogen (secondary N) is 1. The van der Waals surface area contributed by atoms with Gasteiger partial charge in [0.1, 0.15) is 0 Å². The van der Waals surface area contributed by atoms with E-state index in [2.05, 4.69) is 10.3 Å². The lowest BCUT2D eigenvalue weighted by Gasteiger charge is -2.04. The number of halogens is 2. The summed E-state index contributed by atoms with van der Waals surface area (Å²) >= 11 is 13.3. The number of nitrogens with zero attached hydrogens (tertiary/aromatic N) is 1. The van der Waals surface area contributed by atoms with Gasteiger partial charge in [-0.15, -0.1) is 11.3 Å². The number of anilines is 2. The first-order chi connectivity index (χ1) is 11.5. The number of rotatable bonds is 5. The minimum atomic E-state index is -1.15. The van der Waals surface area contributed by atoms with E-state index in [1.54, 1.807) is 30.3 Å². The quantitative estimate of drug-likeness (QED) is 0.724. The fourth-order valence-corrected chi connectivity index (χ4v) is 3.46. The van der Waals surface area contributed by atoms with Crippen molar-refractivity contribution in [3.05, 3.63) is 63.5 Å². The molecule has 4 nitrogen and oxygen atoms in total. The number of carbonyl (C=O) groups excluding carboxylic acids is 1. The largest absolute Gasteiger partial charge is 0.550 e. The third-order valence-corrected chi connectivity index (χ3v) is 4.79. The SMILES string of the molecule is O=C([O-])Cc1sc(Nc2ccccc2Cl)nc1-c1ccc(Cl)cc1. The first-order valence-corrected chi connectivity index (χ1v) is 8.57. The molecule has 1 aromatic heterocycles. The van der Waals surface area contributed by atoms with Crippen LogP contribution in [-0.2, 0) is 11.2 Å². The van der Waals surface area contributed by atoms with Gasteiger partial charge >= 0.3 is 0 Å². The van der Waals surface area contributed by atoms with Crippen molar-refractivity contribution >= 4 is 51.3 Å². The highest BCUT2D eigenvalue weighted by Gasteiger charge is 2.14. The van der Waals surface area contributed by atoms with Crippen molar-refractivity contribution in [2.75, 3.05) is 5.32 Å². The number of thiazole rings is 1. The molecule has 0 aliphatic carbocycles. The van der Waals surface area contributed by atoms with Crippen LogP contribution in [0.4, 0.5) is 10.8 Å². The van der Waals surface area contributed by atoms with Crippen LogP contribution in [-0.4, -0.2) is 11.0 Å². The van der Waals surface area contributed by atoms with Crippen molar-refractivity contribution < 1.29 is 9.90 Å². The minimum absolute atomic E-state index is 0.209. The molecule has 0 fully saturated rings. The molecule has 0 saturated heterocycles. The number of carboxylic acid groups (broad SMARTS) is 1. The molecule has 3 aromatic rings. The lowest BCUT2D eigenvalue weighted by Crippen LogP contribution is -2.24. The average molecular weight is 378 g/mol. The van der Waals surface area contributed by atoms with Crippen molar-refractivity contribution in [1.82, 2.24) is 4.98 Å². The Morgan fingerprint density at radius 3 is 2.50 bits per heavy atom. The molecule has 1 heterocycles. The zero-order valence-corrected chi connectivity index (χ0v) is 14.6. The van der Waals surface area contributed by atoms with Gasteiger partial charge in [0.15, 0.2) is 5.13 Å². The van der Waals surface area contributed by atoms with E-state index in [0.717, 1.165) is 5.56 Å². The number of carbonyl (C=O) groups is 1. The van der Waals surface area contributed by atoms with Crippen LogP contribution >= 0.6 is 34.5 Å². The molecule has 0 saturated carbocycles. The molecular formula is C17H11Cl2N2O2S-. The first-order valence-electron chi connectivity index (χ1n) is 7.00. The Balaban J connectivity index is 1.98. The molecular weight excluding hydrogens is 367 g/mol. The van der Waals surface area contributed by atoms with Crippen LogP contribution in [0.3, 0.4) is 0 Å². The molecule has 0 atom stereocenters. The molecule has 7 heteroatoms. The minimum Gasteiger partial charge on any atom is -0.550 e. The van der Waals surface area contributed by atoms with Crippen molar-refractivity contribution in [3.8, 4) is 11.3 Å². The normalized spacial score (nSPS) is 10.6. The highest BCUT2D eigenvalue weighted by atomic mass is 35.5. The molecule has 0 unspecified atom stereocenters. The molecule has 2 aromatic carbocycles. The summed E-state index contributed by atoms with van der Waals surface area (Å²) in [6.07, 6.45) is -0.209. The van der Waals surface area contributed by atoms with Gasteiger partial charge in [-0.2, -0.15) is 0 Å². The third-order valence-electron chi connectivity index (χ3n) is 3.24. The topological polar surface area (TPSA) is 65.0 Å². The summed E-state index contributed by atoms with van der Waals surface area (Å²) in [5, 5.41) is 15.9. The molecule has 0 aliphatic heterocycles. The number of hydrogen-bond donors (Lipinski definition) is 1. The Morgan fingerprint density at radius 2 is 1.83 bits per heavy atom. The summed E-state index contributed by atoms with van der Waals surface area (Å²) in [7, 11) is 0. The lowest BCUT2D eigenvalue weighted by molar-refractivity contribution is -0.304. The highest BCUT2D eigenvalue weighted by Crippen LogP contribution is 2.34. The highest BCUT2D eigenvalue weighted by molar-refractivity contribution is 7.16. The molecule has 0 radical (unpaired) electrons. The Kier molecular flexibility index (Phi) is 5.04. The van der Waals surface area contributed by atoms with E-state index in [-0.39, 0.29) is 6.42 Å². The maximum atomic E-state index is 11.0. The van der Waals surface area contributed by atoms with E-state index in [4.69, 9.17) is 23.2 Å². The van der Waals surface area contributed by atoms with E-state index in [0.29, 0.717) is 31.4 Å². The number of para-hydroxylation sites is 1. The van der Waals surface area contributed by atoms with Crippen LogP contribution in [0.5, 0.6) is 0 Å². The third kappa shape index (κ3) is 3.87. The Labute approximate surface area is 152 Å². The molecule has 122 valence electrons. The standard InChI is InChI=1S/C17H12Cl2N2O2S/c18-11-7-5-10(6-8-11)16-14(9-15(22)23)24-17(21-16)20-13-4-2-1-3-12(13)19/h1-8H,9H2,(H,20,21)(H,22,23)/p-1.